The van der Waals surface area contributed by atoms with Gasteiger partial charge in [0.05, 0.1) is 20.3 Å². The number of imidazole rings is 1. The Bertz CT molecular complexity index is 698. The first-order valence-electron chi connectivity index (χ1n) is 6.21. The normalized spacial score (nSPS) is 12.9. The zero-order valence-electron chi connectivity index (χ0n) is 12.0. The maximum atomic E-state index is 12.5. The van der Waals surface area contributed by atoms with E-state index in [1.165, 1.54) is 20.3 Å². The third kappa shape index (κ3) is 3.34. The molecule has 0 saturated heterocycles. The summed E-state index contributed by atoms with van der Waals surface area (Å²) in [6.07, 6.45) is 3.19. The summed E-state index contributed by atoms with van der Waals surface area (Å²) >= 11 is 0. The maximum absolute atomic E-state index is 12.5. The minimum absolute atomic E-state index is 0.0164. The number of sulfonamides is 1. The summed E-state index contributed by atoms with van der Waals surface area (Å²) in [6, 6.07) is 4.09. The predicted octanol–water partition coefficient (Wildman–Crippen LogP) is 1.47. The van der Waals surface area contributed by atoms with Crippen LogP contribution in [0, 0.1) is 0 Å². The highest BCUT2D eigenvalue weighted by molar-refractivity contribution is 7.89. The van der Waals surface area contributed by atoms with Crippen molar-refractivity contribution in [1.82, 2.24) is 14.7 Å². The number of rotatable bonds is 6. The van der Waals surface area contributed by atoms with Crippen LogP contribution in [0.3, 0.4) is 0 Å². The molecule has 0 fully saturated rings. The summed E-state index contributed by atoms with van der Waals surface area (Å²) < 4.78 is 37.7. The van der Waals surface area contributed by atoms with Crippen molar-refractivity contribution in [1.29, 1.82) is 0 Å². The van der Waals surface area contributed by atoms with Crippen molar-refractivity contribution in [2.75, 3.05) is 14.2 Å². The molecule has 2 N–H and O–H groups in total. The van der Waals surface area contributed by atoms with Crippen molar-refractivity contribution in [3.8, 4) is 11.5 Å². The molecule has 0 amide bonds. The second kappa shape index (κ2) is 6.15. The Balaban J connectivity index is 2.34. The Morgan fingerprint density at radius 2 is 2.05 bits per heavy atom. The number of aromatic nitrogens is 2. The zero-order chi connectivity index (χ0) is 15.5. The Morgan fingerprint density at radius 3 is 2.62 bits per heavy atom. The van der Waals surface area contributed by atoms with Crippen LogP contribution in [0.2, 0.25) is 0 Å². The Hall–Kier alpha value is -2.06. The number of H-pyrrole nitrogens is 1. The fourth-order valence-electron chi connectivity index (χ4n) is 1.86. The van der Waals surface area contributed by atoms with Gasteiger partial charge < -0.3 is 14.5 Å². The second-order valence-corrected chi connectivity index (χ2v) is 6.02. The molecule has 114 valence electrons. The largest absolute Gasteiger partial charge is 0.497 e. The molecular weight excluding hydrogens is 294 g/mol. The highest BCUT2D eigenvalue weighted by Gasteiger charge is 2.24. The molecule has 1 aromatic carbocycles. The third-order valence-electron chi connectivity index (χ3n) is 2.92. The molecule has 21 heavy (non-hydrogen) atoms. The standard InChI is InChI=1S/C13H17N3O4S/c1-9(13-14-6-7-15-13)16-21(17,18)12-8-10(19-2)4-5-11(12)20-3/h4-9,16H,1-3H3,(H,14,15). The van der Waals surface area contributed by atoms with Gasteiger partial charge in [0.1, 0.15) is 22.2 Å². The highest BCUT2D eigenvalue weighted by Crippen LogP contribution is 2.28. The van der Waals surface area contributed by atoms with E-state index in [-0.39, 0.29) is 10.6 Å². The molecule has 1 atom stereocenters. The second-order valence-electron chi connectivity index (χ2n) is 4.33. The van der Waals surface area contributed by atoms with Gasteiger partial charge in [-0.1, -0.05) is 0 Å². The van der Waals surface area contributed by atoms with Gasteiger partial charge in [0.15, 0.2) is 0 Å². The molecule has 0 aliphatic heterocycles. The molecule has 0 spiro atoms. The summed E-state index contributed by atoms with van der Waals surface area (Å²) in [5.41, 5.74) is 0. The van der Waals surface area contributed by atoms with Gasteiger partial charge in [0.25, 0.3) is 0 Å². The maximum Gasteiger partial charge on any atom is 0.245 e. The van der Waals surface area contributed by atoms with Crippen LogP contribution in [0.4, 0.5) is 0 Å². The number of hydrogen-bond acceptors (Lipinski definition) is 5. The molecule has 2 rings (SSSR count). The van der Waals surface area contributed by atoms with Crippen LogP contribution < -0.4 is 14.2 Å². The van der Waals surface area contributed by atoms with E-state index in [0.29, 0.717) is 11.6 Å². The lowest BCUT2D eigenvalue weighted by atomic mass is 10.3. The quantitative estimate of drug-likeness (QED) is 0.842. The fraction of sp³-hybridized carbons (Fsp3) is 0.308. The molecule has 2 aromatic rings. The molecule has 0 radical (unpaired) electrons. The van der Waals surface area contributed by atoms with Crippen LogP contribution in [0.1, 0.15) is 18.8 Å². The number of hydrogen-bond donors (Lipinski definition) is 2. The molecule has 8 heteroatoms. The molecule has 1 heterocycles. The van der Waals surface area contributed by atoms with Gasteiger partial charge in [-0.15, -0.1) is 0 Å². The van der Waals surface area contributed by atoms with Crippen LogP contribution in [0.15, 0.2) is 35.5 Å². The minimum atomic E-state index is -3.78. The SMILES string of the molecule is COc1ccc(OC)c(S(=O)(=O)NC(C)c2ncc[nH]2)c1. The molecule has 0 aliphatic rings. The summed E-state index contributed by atoms with van der Waals surface area (Å²) in [5.74, 6) is 1.21. The number of aromatic amines is 1. The Kier molecular flexibility index (Phi) is 4.49. The van der Waals surface area contributed by atoms with Crippen molar-refractivity contribution in [3.05, 3.63) is 36.4 Å². The van der Waals surface area contributed by atoms with Gasteiger partial charge in [-0.25, -0.2) is 18.1 Å². The number of methoxy groups -OCH3 is 2. The van der Waals surface area contributed by atoms with Crippen LogP contribution in [0.25, 0.3) is 0 Å². The highest BCUT2D eigenvalue weighted by atomic mass is 32.2. The third-order valence-corrected chi connectivity index (χ3v) is 4.48. The van der Waals surface area contributed by atoms with Crippen LogP contribution in [-0.2, 0) is 10.0 Å². The van der Waals surface area contributed by atoms with Gasteiger partial charge in [-0.3, -0.25) is 0 Å². The predicted molar refractivity (Wildman–Crippen MR) is 76.9 cm³/mol. The molecule has 0 bridgehead atoms. The Labute approximate surface area is 123 Å². The van der Waals surface area contributed by atoms with Gasteiger partial charge in [0, 0.05) is 18.5 Å². The van der Waals surface area contributed by atoms with Crippen LogP contribution >= 0.6 is 0 Å². The minimum Gasteiger partial charge on any atom is -0.497 e. The van der Waals surface area contributed by atoms with Crippen molar-refractivity contribution >= 4 is 10.0 Å². The van der Waals surface area contributed by atoms with Crippen molar-refractivity contribution < 1.29 is 17.9 Å². The van der Waals surface area contributed by atoms with Crippen molar-refractivity contribution in [2.45, 2.75) is 17.9 Å². The van der Waals surface area contributed by atoms with Gasteiger partial charge in [0.2, 0.25) is 10.0 Å². The van der Waals surface area contributed by atoms with E-state index in [0.717, 1.165) is 0 Å². The first kappa shape index (κ1) is 15.3. The molecule has 7 nitrogen and oxygen atoms in total. The number of ether oxygens (including phenoxy) is 2. The molecular formula is C13H17N3O4S. The van der Waals surface area contributed by atoms with E-state index >= 15 is 0 Å². The molecule has 0 saturated carbocycles. The smallest absolute Gasteiger partial charge is 0.245 e. The molecule has 0 aliphatic carbocycles. The van der Waals surface area contributed by atoms with E-state index in [4.69, 9.17) is 9.47 Å². The van der Waals surface area contributed by atoms with Gasteiger partial charge in [-0.05, 0) is 19.1 Å². The monoisotopic (exact) mass is 311 g/mol. The lowest BCUT2D eigenvalue weighted by molar-refractivity contribution is 0.391. The van der Waals surface area contributed by atoms with E-state index in [1.54, 1.807) is 31.5 Å². The van der Waals surface area contributed by atoms with E-state index in [1.807, 2.05) is 0 Å². The van der Waals surface area contributed by atoms with Crippen molar-refractivity contribution in [2.24, 2.45) is 0 Å². The number of benzene rings is 1. The van der Waals surface area contributed by atoms with Crippen molar-refractivity contribution in [3.63, 3.8) is 0 Å². The van der Waals surface area contributed by atoms with E-state index < -0.39 is 16.1 Å². The average molecular weight is 311 g/mol. The van der Waals surface area contributed by atoms with Gasteiger partial charge >= 0.3 is 0 Å². The first-order valence-corrected chi connectivity index (χ1v) is 7.70. The first-order chi connectivity index (χ1) is 9.97. The van der Waals surface area contributed by atoms with Crippen LogP contribution in [-0.4, -0.2) is 32.6 Å². The summed E-state index contributed by atoms with van der Waals surface area (Å²) in [7, 11) is -0.893. The van der Waals surface area contributed by atoms with E-state index in [2.05, 4.69) is 14.7 Å². The van der Waals surface area contributed by atoms with Crippen LogP contribution in [0.5, 0.6) is 11.5 Å². The summed E-state index contributed by atoms with van der Waals surface area (Å²) in [4.78, 5) is 6.92. The van der Waals surface area contributed by atoms with Gasteiger partial charge in [-0.2, -0.15) is 0 Å². The topological polar surface area (TPSA) is 93.3 Å². The molecule has 1 aromatic heterocycles. The average Bonchev–Trinajstić information content (AvgIpc) is 3.00. The number of nitrogens with zero attached hydrogens (tertiary/aromatic N) is 1. The summed E-state index contributed by atoms with van der Waals surface area (Å²) in [6.45, 7) is 1.70. The number of nitrogens with one attached hydrogen (secondary N) is 2. The summed E-state index contributed by atoms with van der Waals surface area (Å²) in [5, 5.41) is 0. The lowest BCUT2D eigenvalue weighted by Crippen LogP contribution is -2.28. The Morgan fingerprint density at radius 1 is 1.29 bits per heavy atom. The van der Waals surface area contributed by atoms with E-state index in [9.17, 15) is 8.42 Å². The zero-order valence-corrected chi connectivity index (χ0v) is 12.8. The molecule has 1 unspecified atom stereocenters. The lowest BCUT2D eigenvalue weighted by Gasteiger charge is -2.15. The fourth-order valence-corrected chi connectivity index (χ4v) is 3.25.